The first-order chi connectivity index (χ1) is 6.84. The second-order valence-electron chi connectivity index (χ2n) is 4.85. The van der Waals surface area contributed by atoms with Gasteiger partial charge in [-0.1, -0.05) is 24.3 Å². The molecule has 1 aromatic rings. The van der Waals surface area contributed by atoms with Crippen LogP contribution in [-0.2, 0) is 12.8 Å². The summed E-state index contributed by atoms with van der Waals surface area (Å²) in [5, 5.41) is 0. The van der Waals surface area contributed by atoms with Crippen molar-refractivity contribution in [3.8, 4) is 0 Å². The summed E-state index contributed by atoms with van der Waals surface area (Å²) in [6, 6.07) is 9.33. The van der Waals surface area contributed by atoms with Crippen LogP contribution in [0.4, 0.5) is 0 Å². The van der Waals surface area contributed by atoms with Gasteiger partial charge in [0, 0.05) is 6.04 Å². The SMILES string of the molecule is NC1C2CC[C@H]1Cc1ccccc1C2. The molecule has 0 aromatic heterocycles. The number of nitrogens with two attached hydrogens (primary N) is 1. The van der Waals surface area contributed by atoms with Crippen molar-refractivity contribution in [3.05, 3.63) is 35.4 Å². The molecule has 0 radical (unpaired) electrons. The van der Waals surface area contributed by atoms with Gasteiger partial charge >= 0.3 is 0 Å². The van der Waals surface area contributed by atoms with E-state index in [1.807, 2.05) is 0 Å². The van der Waals surface area contributed by atoms with Gasteiger partial charge in [-0.3, -0.25) is 0 Å². The van der Waals surface area contributed by atoms with Gasteiger partial charge in [-0.05, 0) is 48.6 Å². The van der Waals surface area contributed by atoms with E-state index in [0.717, 1.165) is 11.8 Å². The predicted molar refractivity (Wildman–Crippen MR) is 58.0 cm³/mol. The lowest BCUT2D eigenvalue weighted by molar-refractivity contribution is 0.421. The summed E-state index contributed by atoms with van der Waals surface area (Å²) in [4.78, 5) is 0. The molecule has 74 valence electrons. The Bertz CT molecular complexity index is 312. The smallest absolute Gasteiger partial charge is 0.0102 e. The van der Waals surface area contributed by atoms with Crippen LogP contribution < -0.4 is 5.73 Å². The minimum atomic E-state index is 0.461. The summed E-state index contributed by atoms with van der Waals surface area (Å²) in [7, 11) is 0. The summed E-state index contributed by atoms with van der Waals surface area (Å²) in [5.41, 5.74) is 9.37. The lowest BCUT2D eigenvalue weighted by Gasteiger charge is -2.15. The van der Waals surface area contributed by atoms with Gasteiger partial charge in [0.25, 0.3) is 0 Å². The molecule has 1 heteroatoms. The molecule has 0 saturated heterocycles. The quantitative estimate of drug-likeness (QED) is 0.661. The van der Waals surface area contributed by atoms with Crippen LogP contribution in [0.5, 0.6) is 0 Å². The summed E-state index contributed by atoms with van der Waals surface area (Å²) in [5.74, 6) is 1.51. The maximum absolute atomic E-state index is 6.26. The number of rotatable bonds is 0. The summed E-state index contributed by atoms with van der Waals surface area (Å²) < 4.78 is 0. The van der Waals surface area contributed by atoms with E-state index in [4.69, 9.17) is 5.73 Å². The van der Waals surface area contributed by atoms with E-state index in [1.165, 1.54) is 25.7 Å². The lowest BCUT2D eigenvalue weighted by Crippen LogP contribution is -2.31. The van der Waals surface area contributed by atoms with E-state index in [1.54, 1.807) is 11.1 Å². The van der Waals surface area contributed by atoms with Crippen molar-refractivity contribution in [2.45, 2.75) is 31.7 Å². The van der Waals surface area contributed by atoms with Crippen LogP contribution in [0.1, 0.15) is 24.0 Å². The van der Waals surface area contributed by atoms with E-state index < -0.39 is 0 Å². The van der Waals surface area contributed by atoms with Gasteiger partial charge in [0.05, 0.1) is 0 Å². The Hall–Kier alpha value is -0.820. The maximum Gasteiger partial charge on any atom is 0.0102 e. The molecular formula is C13H17N. The van der Waals surface area contributed by atoms with E-state index >= 15 is 0 Å². The third-order valence-electron chi connectivity index (χ3n) is 4.08. The number of hydrogen-bond donors (Lipinski definition) is 1. The predicted octanol–water partition coefficient (Wildman–Crippen LogP) is 2.14. The highest BCUT2D eigenvalue weighted by atomic mass is 14.7. The summed E-state index contributed by atoms with van der Waals surface area (Å²) >= 11 is 0. The molecule has 0 spiro atoms. The molecule has 2 aliphatic carbocycles. The topological polar surface area (TPSA) is 26.0 Å². The van der Waals surface area contributed by atoms with Gasteiger partial charge in [0.15, 0.2) is 0 Å². The van der Waals surface area contributed by atoms with Crippen molar-refractivity contribution >= 4 is 0 Å². The highest BCUT2D eigenvalue weighted by molar-refractivity contribution is 5.30. The van der Waals surface area contributed by atoms with Crippen LogP contribution in [0.3, 0.4) is 0 Å². The van der Waals surface area contributed by atoms with E-state index in [2.05, 4.69) is 24.3 Å². The van der Waals surface area contributed by atoms with E-state index in [9.17, 15) is 0 Å². The van der Waals surface area contributed by atoms with Gasteiger partial charge in [-0.15, -0.1) is 0 Å². The third-order valence-corrected chi connectivity index (χ3v) is 4.08. The number of fused-ring (bicyclic) bond motifs is 3. The largest absolute Gasteiger partial charge is 0.327 e. The average Bonchev–Trinajstić information content (AvgIpc) is 2.44. The molecular weight excluding hydrogens is 170 g/mol. The van der Waals surface area contributed by atoms with Crippen molar-refractivity contribution in [3.63, 3.8) is 0 Å². The molecule has 3 rings (SSSR count). The zero-order chi connectivity index (χ0) is 9.54. The second-order valence-corrected chi connectivity index (χ2v) is 4.85. The Kier molecular flexibility index (Phi) is 1.88. The van der Waals surface area contributed by atoms with Gasteiger partial charge in [-0.25, -0.2) is 0 Å². The highest BCUT2D eigenvalue weighted by Gasteiger charge is 2.36. The molecule has 2 bridgehead atoms. The first-order valence-corrected chi connectivity index (χ1v) is 5.67. The molecule has 0 heterocycles. The fraction of sp³-hybridized carbons (Fsp3) is 0.538. The fourth-order valence-electron chi connectivity index (χ4n) is 3.19. The second kappa shape index (κ2) is 3.09. The summed E-state index contributed by atoms with van der Waals surface area (Å²) in [6.45, 7) is 0. The maximum atomic E-state index is 6.26. The molecule has 2 unspecified atom stereocenters. The molecule has 14 heavy (non-hydrogen) atoms. The van der Waals surface area contributed by atoms with Gasteiger partial charge < -0.3 is 5.73 Å². The minimum absolute atomic E-state index is 0.461. The molecule has 1 fully saturated rings. The Balaban J connectivity index is 2.01. The van der Waals surface area contributed by atoms with Gasteiger partial charge in [0.2, 0.25) is 0 Å². The van der Waals surface area contributed by atoms with Crippen molar-refractivity contribution in [2.24, 2.45) is 17.6 Å². The first kappa shape index (κ1) is 8.49. The zero-order valence-corrected chi connectivity index (χ0v) is 8.45. The van der Waals surface area contributed by atoms with Crippen molar-refractivity contribution in [2.75, 3.05) is 0 Å². The first-order valence-electron chi connectivity index (χ1n) is 5.67. The Morgan fingerprint density at radius 3 is 1.93 bits per heavy atom. The molecule has 1 saturated carbocycles. The fourth-order valence-corrected chi connectivity index (χ4v) is 3.19. The lowest BCUT2D eigenvalue weighted by atomic mass is 9.94. The number of benzene rings is 1. The molecule has 0 aliphatic heterocycles. The van der Waals surface area contributed by atoms with Crippen LogP contribution >= 0.6 is 0 Å². The monoisotopic (exact) mass is 187 g/mol. The summed E-state index contributed by atoms with van der Waals surface area (Å²) in [6.07, 6.45) is 5.13. The Labute approximate surface area is 85.3 Å². The Morgan fingerprint density at radius 1 is 0.929 bits per heavy atom. The third kappa shape index (κ3) is 1.19. The molecule has 1 aromatic carbocycles. The minimum Gasteiger partial charge on any atom is -0.327 e. The number of hydrogen-bond acceptors (Lipinski definition) is 1. The molecule has 2 aliphatic rings. The van der Waals surface area contributed by atoms with Crippen LogP contribution in [0.15, 0.2) is 24.3 Å². The van der Waals surface area contributed by atoms with Gasteiger partial charge in [0.1, 0.15) is 0 Å². The van der Waals surface area contributed by atoms with Gasteiger partial charge in [-0.2, -0.15) is 0 Å². The van der Waals surface area contributed by atoms with Crippen molar-refractivity contribution < 1.29 is 0 Å². The molecule has 3 atom stereocenters. The van der Waals surface area contributed by atoms with Crippen molar-refractivity contribution in [1.29, 1.82) is 0 Å². The zero-order valence-electron chi connectivity index (χ0n) is 8.45. The van der Waals surface area contributed by atoms with Crippen LogP contribution in [-0.4, -0.2) is 6.04 Å². The average molecular weight is 187 g/mol. The van der Waals surface area contributed by atoms with E-state index in [-0.39, 0.29) is 0 Å². The van der Waals surface area contributed by atoms with E-state index in [0.29, 0.717) is 6.04 Å². The highest BCUT2D eigenvalue weighted by Crippen LogP contribution is 2.38. The normalized spacial score (nSPS) is 35.1. The molecule has 1 nitrogen and oxygen atoms in total. The van der Waals surface area contributed by atoms with Crippen LogP contribution in [0.2, 0.25) is 0 Å². The van der Waals surface area contributed by atoms with Crippen molar-refractivity contribution in [1.82, 2.24) is 0 Å². The van der Waals surface area contributed by atoms with Crippen LogP contribution in [0, 0.1) is 11.8 Å². The van der Waals surface area contributed by atoms with Crippen LogP contribution in [0.25, 0.3) is 0 Å². The standard InChI is InChI=1S/C13H17N/c14-13-11-5-6-12(13)8-10-4-2-1-3-9(10)7-11/h1-4,11-13H,5-8,14H2/t11-,12?,13?/m0/s1. The molecule has 2 N–H and O–H groups in total. The Morgan fingerprint density at radius 2 is 1.43 bits per heavy atom. The molecule has 0 amide bonds.